The lowest BCUT2D eigenvalue weighted by Gasteiger charge is -2.43. The number of nitrogens with one attached hydrogen (secondary N) is 1. The van der Waals surface area contributed by atoms with Gasteiger partial charge in [0.15, 0.2) is 5.69 Å². The number of rotatable bonds is 7. The molecular weight excluding hydrogens is 614 g/mol. The Morgan fingerprint density at radius 1 is 0.958 bits per heavy atom. The standard InChI is InChI=1S/C36H39N5O7/c1-21-18-28(38-48-21)36(46)39-16-15-23(19-39)47-30-13-7-8-22-14-17-40(33(43)25-10-4-3-9-24(25)32(42)37-2)29(31(22)30)20-41-34(44)26-11-5-6-12-27(26)35(41)45/h5-8,11-13,18,23-25,29H,3-4,9-10,14-17,19-20H2,1-2H3,(H,37,42)/t23-,24+,25?,29+/m0/s1. The maximum absolute atomic E-state index is 14.5. The van der Waals surface area contributed by atoms with Crippen LogP contribution in [0.2, 0.25) is 0 Å². The summed E-state index contributed by atoms with van der Waals surface area (Å²) in [6.45, 7) is 2.89. The van der Waals surface area contributed by atoms with E-state index in [9.17, 15) is 24.0 Å². The molecule has 2 aromatic carbocycles. The lowest BCUT2D eigenvalue weighted by molar-refractivity contribution is -0.146. The summed E-state index contributed by atoms with van der Waals surface area (Å²) < 4.78 is 11.7. The van der Waals surface area contributed by atoms with E-state index in [2.05, 4.69) is 10.5 Å². The third kappa shape index (κ3) is 5.62. The van der Waals surface area contributed by atoms with Gasteiger partial charge in [-0.2, -0.15) is 0 Å². The van der Waals surface area contributed by atoms with Crippen LogP contribution in [0.25, 0.3) is 0 Å². The Morgan fingerprint density at radius 2 is 1.69 bits per heavy atom. The van der Waals surface area contributed by atoms with E-state index in [1.165, 1.54) is 4.90 Å². The van der Waals surface area contributed by atoms with E-state index in [4.69, 9.17) is 9.26 Å². The Kier molecular flexibility index (Phi) is 8.49. The van der Waals surface area contributed by atoms with Crippen LogP contribution in [0.15, 0.2) is 53.1 Å². The van der Waals surface area contributed by atoms with Gasteiger partial charge in [-0.15, -0.1) is 0 Å². The minimum Gasteiger partial charge on any atom is -0.488 e. The first-order valence-electron chi connectivity index (χ1n) is 16.7. The first-order valence-corrected chi connectivity index (χ1v) is 16.7. The van der Waals surface area contributed by atoms with Crippen LogP contribution < -0.4 is 10.1 Å². The largest absolute Gasteiger partial charge is 0.488 e. The Labute approximate surface area is 278 Å². The molecule has 1 unspecified atom stereocenters. The highest BCUT2D eigenvalue weighted by Crippen LogP contribution is 2.42. The number of nitrogens with zero attached hydrogens (tertiary/aromatic N) is 4. The van der Waals surface area contributed by atoms with Gasteiger partial charge < -0.3 is 24.4 Å². The minimum absolute atomic E-state index is 0.0520. The van der Waals surface area contributed by atoms with Crippen LogP contribution in [-0.2, 0) is 16.0 Å². The Hall–Kier alpha value is -5.00. The Morgan fingerprint density at radius 3 is 2.38 bits per heavy atom. The maximum atomic E-state index is 14.5. The molecule has 1 saturated heterocycles. The molecule has 1 aromatic heterocycles. The number of likely N-dealkylation sites (tertiary alicyclic amines) is 1. The van der Waals surface area contributed by atoms with E-state index in [0.29, 0.717) is 68.0 Å². The van der Waals surface area contributed by atoms with Crippen LogP contribution in [-0.4, -0.2) is 88.7 Å². The molecule has 3 aromatic rings. The zero-order valence-corrected chi connectivity index (χ0v) is 27.1. The minimum atomic E-state index is -0.691. The Balaban J connectivity index is 1.21. The average Bonchev–Trinajstić information content (AvgIpc) is 3.83. The van der Waals surface area contributed by atoms with E-state index in [-0.39, 0.29) is 36.1 Å². The summed E-state index contributed by atoms with van der Waals surface area (Å²) in [5.41, 5.74) is 2.64. The normalized spacial score (nSPS) is 23.6. The molecule has 7 rings (SSSR count). The van der Waals surface area contributed by atoms with Crippen molar-refractivity contribution in [3.63, 3.8) is 0 Å². The molecule has 4 aliphatic rings. The van der Waals surface area contributed by atoms with Crippen molar-refractivity contribution in [2.45, 2.75) is 57.6 Å². The highest BCUT2D eigenvalue weighted by atomic mass is 16.5. The number of imide groups is 1. The van der Waals surface area contributed by atoms with Crippen molar-refractivity contribution in [1.29, 1.82) is 0 Å². The van der Waals surface area contributed by atoms with Gasteiger partial charge in [0, 0.05) is 50.0 Å². The predicted octanol–water partition coefficient (Wildman–Crippen LogP) is 3.55. The molecule has 4 atom stereocenters. The number of carbonyl (C=O) groups excluding carboxylic acids is 5. The molecule has 5 amide bonds. The maximum Gasteiger partial charge on any atom is 0.276 e. The number of benzene rings is 2. The zero-order valence-electron chi connectivity index (χ0n) is 27.1. The van der Waals surface area contributed by atoms with Gasteiger partial charge in [0.25, 0.3) is 17.7 Å². The monoisotopic (exact) mass is 653 g/mol. The fourth-order valence-corrected chi connectivity index (χ4v) is 7.83. The fourth-order valence-electron chi connectivity index (χ4n) is 7.83. The molecule has 0 radical (unpaired) electrons. The molecule has 0 spiro atoms. The van der Waals surface area contributed by atoms with Gasteiger partial charge in [0.2, 0.25) is 11.8 Å². The van der Waals surface area contributed by atoms with Crippen LogP contribution >= 0.6 is 0 Å². The SMILES string of the molecule is CNC(=O)[C@@H]1CCCCC1C(=O)N1CCc2cccc(O[C@H]3CCN(C(=O)c4cc(C)on4)C3)c2[C@H]1CN1C(=O)c2ccccc2C1=O. The summed E-state index contributed by atoms with van der Waals surface area (Å²) in [4.78, 5) is 72.4. The van der Waals surface area contributed by atoms with E-state index >= 15 is 0 Å². The van der Waals surface area contributed by atoms with Gasteiger partial charge >= 0.3 is 0 Å². The first-order chi connectivity index (χ1) is 23.2. The van der Waals surface area contributed by atoms with E-state index in [1.807, 2.05) is 18.2 Å². The molecule has 48 heavy (non-hydrogen) atoms. The summed E-state index contributed by atoms with van der Waals surface area (Å²) in [6, 6.07) is 13.4. The van der Waals surface area contributed by atoms with Crippen molar-refractivity contribution in [2.24, 2.45) is 11.8 Å². The van der Waals surface area contributed by atoms with Crippen LogP contribution in [0.5, 0.6) is 5.75 Å². The first kappa shape index (κ1) is 31.6. The number of carbonyl (C=O) groups is 5. The summed E-state index contributed by atoms with van der Waals surface area (Å²) in [6.07, 6.45) is 3.76. The second-order valence-electron chi connectivity index (χ2n) is 13.1. The summed E-state index contributed by atoms with van der Waals surface area (Å²) in [7, 11) is 1.59. The molecule has 12 nitrogen and oxygen atoms in total. The number of amides is 5. The number of hydrogen-bond donors (Lipinski definition) is 1. The van der Waals surface area contributed by atoms with Crippen molar-refractivity contribution >= 4 is 29.5 Å². The van der Waals surface area contributed by atoms with Crippen molar-refractivity contribution in [3.8, 4) is 5.75 Å². The molecule has 2 fully saturated rings. The molecule has 1 aliphatic carbocycles. The molecule has 250 valence electrons. The number of fused-ring (bicyclic) bond motifs is 2. The highest BCUT2D eigenvalue weighted by molar-refractivity contribution is 6.21. The van der Waals surface area contributed by atoms with Gasteiger partial charge in [-0.1, -0.05) is 42.3 Å². The van der Waals surface area contributed by atoms with Crippen molar-refractivity contribution in [1.82, 2.24) is 25.2 Å². The number of aromatic nitrogens is 1. The second kappa shape index (κ2) is 12.9. The second-order valence-corrected chi connectivity index (χ2v) is 13.1. The fraction of sp³-hybridized carbons (Fsp3) is 0.444. The molecular formula is C36H39N5O7. The molecule has 1 N–H and O–H groups in total. The summed E-state index contributed by atoms with van der Waals surface area (Å²) in [5, 5.41) is 6.61. The van der Waals surface area contributed by atoms with Gasteiger partial charge in [0.1, 0.15) is 17.6 Å². The molecule has 4 heterocycles. The van der Waals surface area contributed by atoms with E-state index in [1.54, 1.807) is 54.1 Å². The zero-order chi connectivity index (χ0) is 33.5. The molecule has 3 aliphatic heterocycles. The van der Waals surface area contributed by atoms with Crippen molar-refractivity contribution in [3.05, 3.63) is 82.2 Å². The predicted molar refractivity (Wildman–Crippen MR) is 172 cm³/mol. The van der Waals surface area contributed by atoms with Gasteiger partial charge in [0.05, 0.1) is 30.3 Å². The third-order valence-corrected chi connectivity index (χ3v) is 10.2. The molecule has 0 bridgehead atoms. The topological polar surface area (TPSA) is 142 Å². The lowest BCUT2D eigenvalue weighted by Crippen LogP contribution is -2.51. The van der Waals surface area contributed by atoms with Crippen LogP contribution in [0.3, 0.4) is 0 Å². The van der Waals surface area contributed by atoms with Crippen LogP contribution in [0, 0.1) is 18.8 Å². The lowest BCUT2D eigenvalue weighted by atomic mass is 9.77. The third-order valence-electron chi connectivity index (χ3n) is 10.2. The Bertz CT molecular complexity index is 1750. The van der Waals surface area contributed by atoms with Crippen molar-refractivity contribution in [2.75, 3.05) is 33.2 Å². The van der Waals surface area contributed by atoms with Crippen LogP contribution in [0.1, 0.15) is 86.2 Å². The number of hydrogen-bond acceptors (Lipinski definition) is 8. The summed E-state index contributed by atoms with van der Waals surface area (Å²) >= 11 is 0. The van der Waals surface area contributed by atoms with E-state index in [0.717, 1.165) is 24.0 Å². The molecule has 12 heteroatoms. The van der Waals surface area contributed by atoms with Gasteiger partial charge in [-0.25, -0.2) is 0 Å². The van der Waals surface area contributed by atoms with Gasteiger partial charge in [-0.3, -0.25) is 28.9 Å². The summed E-state index contributed by atoms with van der Waals surface area (Å²) in [5.74, 6) is -1.17. The highest BCUT2D eigenvalue weighted by Gasteiger charge is 2.45. The number of aryl methyl sites for hydroxylation is 1. The average molecular weight is 654 g/mol. The molecule has 1 saturated carbocycles. The van der Waals surface area contributed by atoms with E-state index < -0.39 is 29.7 Å². The van der Waals surface area contributed by atoms with Crippen molar-refractivity contribution < 1.29 is 33.2 Å². The quantitative estimate of drug-likeness (QED) is 0.382. The van der Waals surface area contributed by atoms with Crippen LogP contribution in [0.4, 0.5) is 0 Å². The number of ether oxygens (including phenoxy) is 1. The van der Waals surface area contributed by atoms with Gasteiger partial charge in [-0.05, 0) is 49.9 Å². The smallest absolute Gasteiger partial charge is 0.276 e.